The normalized spacial score (nSPS) is 29.1. The maximum absolute atomic E-state index is 12.0. The lowest BCUT2D eigenvalue weighted by Gasteiger charge is -2.26. The van der Waals surface area contributed by atoms with Crippen LogP contribution in [-0.4, -0.2) is 38.0 Å². The van der Waals surface area contributed by atoms with Crippen LogP contribution in [0.1, 0.15) is 19.3 Å². The molecule has 0 aliphatic carbocycles. The molecule has 1 unspecified atom stereocenters. The summed E-state index contributed by atoms with van der Waals surface area (Å²) in [5, 5.41) is 0. The molecule has 2 rings (SSSR count). The first kappa shape index (κ1) is 10.8. The van der Waals surface area contributed by atoms with E-state index in [1.165, 1.54) is 0 Å². The fraction of sp³-hybridized carbons (Fsp3) is 0.818. The average molecular weight is 212 g/mol. The number of ketones is 2. The van der Waals surface area contributed by atoms with Crippen LogP contribution in [0, 0.1) is 11.8 Å². The molecule has 0 aromatic rings. The van der Waals surface area contributed by atoms with Gasteiger partial charge in [-0.25, -0.2) is 0 Å². The predicted molar refractivity (Wildman–Crippen MR) is 52.5 cm³/mol. The van der Waals surface area contributed by atoms with Crippen LogP contribution in [0.25, 0.3) is 0 Å². The number of hydrogen-bond acceptors (Lipinski definition) is 4. The monoisotopic (exact) mass is 212 g/mol. The van der Waals surface area contributed by atoms with Crippen LogP contribution >= 0.6 is 0 Å². The van der Waals surface area contributed by atoms with Crippen LogP contribution in [0.2, 0.25) is 0 Å². The van der Waals surface area contributed by atoms with Gasteiger partial charge in [-0.15, -0.1) is 0 Å². The summed E-state index contributed by atoms with van der Waals surface area (Å²) in [7, 11) is 0. The molecule has 2 saturated heterocycles. The molecule has 4 heteroatoms. The van der Waals surface area contributed by atoms with Gasteiger partial charge in [-0.05, 0) is 12.8 Å². The van der Waals surface area contributed by atoms with Gasteiger partial charge in [0.15, 0.2) is 0 Å². The maximum atomic E-state index is 12.0. The highest BCUT2D eigenvalue weighted by Gasteiger charge is 2.34. The lowest BCUT2D eigenvalue weighted by atomic mass is 9.84. The lowest BCUT2D eigenvalue weighted by molar-refractivity contribution is -0.143. The quantitative estimate of drug-likeness (QED) is 0.628. The summed E-state index contributed by atoms with van der Waals surface area (Å²) in [6.45, 7) is 2.03. The van der Waals surface area contributed by atoms with Gasteiger partial charge in [0.05, 0.1) is 19.1 Å². The molecule has 2 fully saturated rings. The molecule has 84 valence electrons. The zero-order valence-corrected chi connectivity index (χ0v) is 8.74. The van der Waals surface area contributed by atoms with Gasteiger partial charge in [0.25, 0.3) is 0 Å². The van der Waals surface area contributed by atoms with Crippen molar-refractivity contribution in [1.29, 1.82) is 0 Å². The number of hydrogen-bond donors (Lipinski definition) is 0. The fourth-order valence-electron chi connectivity index (χ4n) is 2.15. The molecular formula is C11H16O4. The van der Waals surface area contributed by atoms with Crippen molar-refractivity contribution in [3.05, 3.63) is 0 Å². The van der Waals surface area contributed by atoms with Crippen molar-refractivity contribution in [2.75, 3.05) is 26.4 Å². The Labute approximate surface area is 88.9 Å². The molecule has 4 nitrogen and oxygen atoms in total. The minimum absolute atomic E-state index is 0.00870. The molecule has 0 bridgehead atoms. The number of carbonyl (C=O) groups is 2. The zero-order valence-electron chi connectivity index (χ0n) is 8.74. The third-order valence-electron chi connectivity index (χ3n) is 3.13. The molecule has 0 saturated carbocycles. The molecule has 0 amide bonds. The van der Waals surface area contributed by atoms with Crippen LogP contribution in [0.4, 0.5) is 0 Å². The molecule has 2 aliphatic rings. The van der Waals surface area contributed by atoms with E-state index in [1.54, 1.807) is 0 Å². The van der Waals surface area contributed by atoms with Crippen LogP contribution in [0.5, 0.6) is 0 Å². The lowest BCUT2D eigenvalue weighted by Crippen LogP contribution is -2.39. The largest absolute Gasteiger partial charge is 0.381 e. The molecule has 15 heavy (non-hydrogen) atoms. The number of ether oxygens (including phenoxy) is 2. The minimum Gasteiger partial charge on any atom is -0.381 e. The first-order valence-corrected chi connectivity index (χ1v) is 5.51. The van der Waals surface area contributed by atoms with E-state index in [9.17, 15) is 9.59 Å². The highest BCUT2D eigenvalue weighted by molar-refractivity contribution is 6.03. The van der Waals surface area contributed by atoms with E-state index in [1.807, 2.05) is 0 Å². The summed E-state index contributed by atoms with van der Waals surface area (Å²) >= 11 is 0. The van der Waals surface area contributed by atoms with E-state index in [4.69, 9.17) is 9.47 Å². The van der Waals surface area contributed by atoms with E-state index in [0.717, 1.165) is 12.8 Å². The van der Waals surface area contributed by atoms with Gasteiger partial charge in [0, 0.05) is 25.6 Å². The Morgan fingerprint density at radius 2 is 1.87 bits per heavy atom. The van der Waals surface area contributed by atoms with Gasteiger partial charge < -0.3 is 9.47 Å². The highest BCUT2D eigenvalue weighted by atomic mass is 16.5. The number of rotatable bonds is 2. The second kappa shape index (κ2) is 4.86. The molecule has 1 atom stereocenters. The van der Waals surface area contributed by atoms with Gasteiger partial charge in [0.2, 0.25) is 0 Å². The number of carbonyl (C=O) groups excluding carboxylic acids is 2. The van der Waals surface area contributed by atoms with E-state index in [0.29, 0.717) is 26.2 Å². The van der Waals surface area contributed by atoms with E-state index in [-0.39, 0.29) is 24.1 Å². The zero-order chi connectivity index (χ0) is 10.7. The van der Waals surface area contributed by atoms with Crippen LogP contribution < -0.4 is 0 Å². The van der Waals surface area contributed by atoms with Crippen molar-refractivity contribution in [1.82, 2.24) is 0 Å². The molecule has 2 heterocycles. The fourth-order valence-corrected chi connectivity index (χ4v) is 2.15. The summed E-state index contributed by atoms with van der Waals surface area (Å²) in [5.41, 5.74) is 0. The second-order valence-corrected chi connectivity index (χ2v) is 4.13. The van der Waals surface area contributed by atoms with E-state index < -0.39 is 5.92 Å². The van der Waals surface area contributed by atoms with Crippen molar-refractivity contribution >= 4 is 11.6 Å². The van der Waals surface area contributed by atoms with Crippen molar-refractivity contribution in [3.8, 4) is 0 Å². The Morgan fingerprint density at radius 3 is 2.53 bits per heavy atom. The van der Waals surface area contributed by atoms with Gasteiger partial charge in [0.1, 0.15) is 11.6 Å². The molecular weight excluding hydrogens is 196 g/mol. The Kier molecular flexibility index (Phi) is 3.49. The Hall–Kier alpha value is -0.740. The second-order valence-electron chi connectivity index (χ2n) is 4.13. The Bertz CT molecular complexity index is 255. The third-order valence-corrected chi connectivity index (χ3v) is 3.13. The van der Waals surface area contributed by atoms with E-state index in [2.05, 4.69) is 0 Å². The third kappa shape index (κ3) is 2.44. The first-order valence-electron chi connectivity index (χ1n) is 5.51. The highest BCUT2D eigenvalue weighted by Crippen LogP contribution is 2.22. The summed E-state index contributed by atoms with van der Waals surface area (Å²) < 4.78 is 10.4. The van der Waals surface area contributed by atoms with Crippen LogP contribution in [-0.2, 0) is 19.1 Å². The van der Waals surface area contributed by atoms with Crippen molar-refractivity contribution < 1.29 is 19.1 Å². The molecule has 0 N–H and O–H groups in total. The average Bonchev–Trinajstić information content (AvgIpc) is 2.30. The maximum Gasteiger partial charge on any atom is 0.148 e. The van der Waals surface area contributed by atoms with Gasteiger partial charge >= 0.3 is 0 Å². The molecule has 0 spiro atoms. The summed E-state index contributed by atoms with van der Waals surface area (Å²) in [5.74, 6) is -0.364. The first-order chi connectivity index (χ1) is 7.29. The smallest absolute Gasteiger partial charge is 0.148 e. The molecule has 0 aromatic heterocycles. The van der Waals surface area contributed by atoms with Gasteiger partial charge in [-0.2, -0.15) is 0 Å². The van der Waals surface area contributed by atoms with Crippen LogP contribution in [0.3, 0.4) is 0 Å². The summed E-state index contributed by atoms with van der Waals surface area (Å²) in [6, 6.07) is 0. The standard InChI is InChI=1S/C11H16O4/c12-10-3-6-15-7-9(10)11(13)8-1-4-14-5-2-8/h8-9H,1-7H2. The molecule has 2 aliphatic heterocycles. The number of Topliss-reactive ketones (excluding diaryl/α,β-unsaturated/α-hetero) is 2. The molecule has 0 radical (unpaired) electrons. The Morgan fingerprint density at radius 1 is 1.13 bits per heavy atom. The van der Waals surface area contributed by atoms with Crippen molar-refractivity contribution in [2.45, 2.75) is 19.3 Å². The molecule has 0 aromatic carbocycles. The summed E-state index contributed by atoms with van der Waals surface area (Å²) in [4.78, 5) is 23.6. The van der Waals surface area contributed by atoms with Crippen LogP contribution in [0.15, 0.2) is 0 Å². The van der Waals surface area contributed by atoms with Gasteiger partial charge in [-0.3, -0.25) is 9.59 Å². The topological polar surface area (TPSA) is 52.6 Å². The summed E-state index contributed by atoms with van der Waals surface area (Å²) in [6.07, 6.45) is 1.89. The predicted octanol–water partition coefficient (Wildman–Crippen LogP) is 0.588. The van der Waals surface area contributed by atoms with Crippen molar-refractivity contribution in [2.24, 2.45) is 11.8 Å². The van der Waals surface area contributed by atoms with Crippen molar-refractivity contribution in [3.63, 3.8) is 0 Å². The SMILES string of the molecule is O=C1CCOCC1C(=O)C1CCOCC1. The Balaban J connectivity index is 1.95. The van der Waals surface area contributed by atoms with E-state index >= 15 is 0 Å². The van der Waals surface area contributed by atoms with Gasteiger partial charge in [-0.1, -0.05) is 0 Å². The minimum atomic E-state index is -0.498.